The Balaban J connectivity index is 0.000000263. The number of hydrogen-bond acceptors (Lipinski definition) is 6. The Bertz CT molecular complexity index is 1690. The van der Waals surface area contributed by atoms with E-state index in [-0.39, 0.29) is 49.2 Å². The monoisotopic (exact) mass is 723 g/mol. The number of fused-ring (bicyclic) bond motifs is 4. The van der Waals surface area contributed by atoms with Gasteiger partial charge in [0.1, 0.15) is 0 Å². The van der Waals surface area contributed by atoms with Crippen LogP contribution < -0.4 is 0 Å². The van der Waals surface area contributed by atoms with Crippen molar-refractivity contribution >= 4 is 49.3 Å². The molecule has 0 spiro atoms. The number of nitrogens with zero attached hydrogens (tertiary/aromatic N) is 2. The molecule has 1 radical (unpaired) electrons. The van der Waals surface area contributed by atoms with E-state index in [1.165, 1.54) is 12.1 Å². The van der Waals surface area contributed by atoms with Gasteiger partial charge in [-0.15, -0.1) is 18.2 Å². The third-order valence-electron chi connectivity index (χ3n) is 6.99. The summed E-state index contributed by atoms with van der Waals surface area (Å²) in [6, 6.07) is 14.3. The fourth-order valence-corrected chi connectivity index (χ4v) is 5.54. The maximum Gasteiger partial charge on any atom is 0.216 e. The number of aliphatic hydroxyl groups excluding tert-OH is 1. The first kappa shape index (κ1) is 26.4. The first-order valence-electron chi connectivity index (χ1n) is 14.6. The van der Waals surface area contributed by atoms with Crippen molar-refractivity contribution in [3.8, 4) is 11.3 Å². The molecule has 1 N–H and O–H groups in total. The van der Waals surface area contributed by atoms with Gasteiger partial charge in [-0.3, -0.25) is 4.79 Å². The molecular weight excluding hydrogens is 685 g/mol. The SMILES string of the molecule is CCC(CC)C(=O)/C=C(\O)C(CC)CC.[2H]C([2H])([2H])c1ccc2c(n1)oc1c(-c3nccc4ccsc34)[c-]ccc12.[Ir]. The maximum atomic E-state index is 11.7. The van der Waals surface area contributed by atoms with Gasteiger partial charge in [0.2, 0.25) is 5.71 Å². The smallest absolute Gasteiger partial charge is 0.216 e. The molecule has 4 heterocycles. The Labute approximate surface area is 251 Å². The van der Waals surface area contributed by atoms with Gasteiger partial charge in [-0.1, -0.05) is 38.6 Å². The van der Waals surface area contributed by atoms with E-state index in [1.54, 1.807) is 23.6 Å². The second kappa shape index (κ2) is 14.0. The number of ketones is 1. The molecule has 0 saturated carbocycles. The molecule has 1 aromatic carbocycles. The Morgan fingerprint density at radius 3 is 2.51 bits per heavy atom. The van der Waals surface area contributed by atoms with Crippen LogP contribution in [0, 0.1) is 24.8 Å². The van der Waals surface area contributed by atoms with E-state index in [2.05, 4.69) is 16.0 Å². The van der Waals surface area contributed by atoms with Crippen molar-refractivity contribution in [2.45, 2.75) is 60.2 Å². The molecule has 5 aromatic rings. The predicted molar refractivity (Wildman–Crippen MR) is 158 cm³/mol. The fraction of sp³-hybridized carbons (Fsp3) is 0.344. The van der Waals surface area contributed by atoms with Gasteiger partial charge in [0.05, 0.1) is 11.3 Å². The Morgan fingerprint density at radius 1 is 1.08 bits per heavy atom. The molecule has 39 heavy (non-hydrogen) atoms. The number of furan rings is 1. The van der Waals surface area contributed by atoms with E-state index in [9.17, 15) is 9.90 Å². The topological polar surface area (TPSA) is 76.2 Å². The van der Waals surface area contributed by atoms with Gasteiger partial charge in [-0.25, -0.2) is 4.98 Å². The second-order valence-electron chi connectivity index (χ2n) is 9.24. The van der Waals surface area contributed by atoms with Crippen LogP contribution in [0.2, 0.25) is 0 Å². The molecule has 0 fully saturated rings. The van der Waals surface area contributed by atoms with Crippen LogP contribution in [-0.2, 0) is 24.9 Å². The molecule has 5 nitrogen and oxygen atoms in total. The molecular formula is C32H35IrN2O3S-. The van der Waals surface area contributed by atoms with Crippen molar-refractivity contribution in [1.82, 2.24) is 9.97 Å². The standard InChI is InChI=1S/C19H11N2OS.C13H24O2.Ir/c1-11-5-6-14-13-3-2-4-15(17(13)22-19(14)21-11)16-18-12(7-9-20-16)8-10-23-18;1-5-10(6-2)12(14)9-13(15)11(7-3)8-4;/h2-3,5-10H,1H3;9-11,14H,5-8H2,1-4H3;/q-1;;/b;12-9-;/i1D3;;. The number of carbonyl (C=O) groups is 1. The van der Waals surface area contributed by atoms with E-state index in [1.807, 2.05) is 57.3 Å². The van der Waals surface area contributed by atoms with Crippen LogP contribution in [0.3, 0.4) is 0 Å². The fourth-order valence-electron chi connectivity index (χ4n) is 4.65. The zero-order valence-corrected chi connectivity index (χ0v) is 25.8. The molecule has 7 heteroatoms. The summed E-state index contributed by atoms with van der Waals surface area (Å²) in [6.45, 7) is 5.80. The van der Waals surface area contributed by atoms with Crippen molar-refractivity contribution in [3.63, 3.8) is 0 Å². The summed E-state index contributed by atoms with van der Waals surface area (Å²) in [4.78, 5) is 20.5. The number of aryl methyl sites for hydroxylation is 1. The van der Waals surface area contributed by atoms with Crippen molar-refractivity contribution in [1.29, 1.82) is 0 Å². The molecule has 0 aliphatic carbocycles. The van der Waals surface area contributed by atoms with Crippen LogP contribution in [0.1, 0.15) is 63.2 Å². The normalized spacial score (nSPS) is 13.2. The van der Waals surface area contributed by atoms with E-state index in [0.717, 1.165) is 57.8 Å². The average molecular weight is 723 g/mol. The third kappa shape index (κ3) is 6.66. The van der Waals surface area contributed by atoms with E-state index >= 15 is 0 Å². The summed E-state index contributed by atoms with van der Waals surface area (Å²) < 4.78 is 29.7. The first-order chi connectivity index (χ1) is 19.6. The number of thiophene rings is 1. The summed E-state index contributed by atoms with van der Waals surface area (Å²) in [5.74, 6) is 0.547. The summed E-state index contributed by atoms with van der Waals surface area (Å²) in [5, 5.41) is 14.5. The molecule has 0 unspecified atom stereocenters. The molecule has 0 amide bonds. The molecule has 5 rings (SSSR count). The van der Waals surface area contributed by atoms with Gasteiger partial charge in [-0.05, 0) is 67.6 Å². The van der Waals surface area contributed by atoms with Crippen LogP contribution in [-0.4, -0.2) is 20.9 Å². The van der Waals surface area contributed by atoms with Crippen LogP contribution >= 0.6 is 11.3 Å². The number of aliphatic hydroxyl groups is 1. The summed E-state index contributed by atoms with van der Waals surface area (Å²) in [6.07, 6.45) is 6.67. The molecule has 207 valence electrons. The minimum Gasteiger partial charge on any atom is -0.512 e. The largest absolute Gasteiger partial charge is 0.512 e. The van der Waals surface area contributed by atoms with Crippen molar-refractivity contribution < 1.29 is 38.5 Å². The quantitative estimate of drug-likeness (QED) is 0.0982. The number of allylic oxidation sites excluding steroid dienone is 2. The zero-order chi connectivity index (χ0) is 29.7. The van der Waals surface area contributed by atoms with Gasteiger partial charge < -0.3 is 14.5 Å². The van der Waals surface area contributed by atoms with Crippen molar-refractivity contribution in [2.24, 2.45) is 11.8 Å². The van der Waals surface area contributed by atoms with Gasteiger partial charge in [0.15, 0.2) is 5.78 Å². The third-order valence-corrected chi connectivity index (χ3v) is 7.92. The Morgan fingerprint density at radius 2 is 1.82 bits per heavy atom. The first-order valence-corrected chi connectivity index (χ1v) is 14.0. The predicted octanol–water partition coefficient (Wildman–Crippen LogP) is 9.23. The number of hydrogen-bond donors (Lipinski definition) is 1. The van der Waals surface area contributed by atoms with Gasteiger partial charge in [-0.2, -0.15) is 11.3 Å². The van der Waals surface area contributed by atoms with Crippen LogP contribution in [0.5, 0.6) is 0 Å². The minimum absolute atomic E-state index is 0. The number of benzene rings is 1. The summed E-state index contributed by atoms with van der Waals surface area (Å²) >= 11 is 1.62. The van der Waals surface area contributed by atoms with Crippen molar-refractivity contribution in [2.75, 3.05) is 0 Å². The van der Waals surface area contributed by atoms with E-state index in [0.29, 0.717) is 11.3 Å². The summed E-state index contributed by atoms with van der Waals surface area (Å²) in [5.41, 5.74) is 2.51. The number of pyridine rings is 2. The van der Waals surface area contributed by atoms with E-state index < -0.39 is 6.85 Å². The molecule has 0 bridgehead atoms. The minimum atomic E-state index is -2.27. The molecule has 0 aliphatic rings. The Hall–Kier alpha value is -2.86. The van der Waals surface area contributed by atoms with Crippen LogP contribution in [0.15, 0.2) is 64.2 Å². The van der Waals surface area contributed by atoms with Gasteiger partial charge in [0.25, 0.3) is 0 Å². The number of aromatic nitrogens is 2. The molecule has 0 atom stereocenters. The summed E-state index contributed by atoms with van der Waals surface area (Å²) in [7, 11) is 0. The van der Waals surface area contributed by atoms with Crippen LogP contribution in [0.25, 0.3) is 43.4 Å². The molecule has 4 aromatic heterocycles. The maximum absolute atomic E-state index is 11.7. The number of carbonyl (C=O) groups excluding carboxylic acids is 1. The van der Waals surface area contributed by atoms with E-state index in [4.69, 9.17) is 8.53 Å². The Kier molecular flexibility index (Phi) is 9.45. The van der Waals surface area contributed by atoms with Crippen molar-refractivity contribution in [3.05, 3.63) is 71.6 Å². The van der Waals surface area contributed by atoms with Crippen LogP contribution in [0.4, 0.5) is 0 Å². The number of rotatable bonds is 8. The average Bonchev–Trinajstić information content (AvgIpc) is 3.58. The van der Waals surface area contributed by atoms with Gasteiger partial charge in [0, 0.05) is 69.8 Å². The zero-order valence-electron chi connectivity index (χ0n) is 25.6. The van der Waals surface area contributed by atoms with Gasteiger partial charge >= 0.3 is 0 Å². The molecule has 0 saturated heterocycles. The molecule has 0 aliphatic heterocycles. The second-order valence-corrected chi connectivity index (χ2v) is 10.2.